The summed E-state index contributed by atoms with van der Waals surface area (Å²) in [5.74, 6) is -1.65. The molecule has 0 bridgehead atoms. The smallest absolute Gasteiger partial charge is 0.331 e. The summed E-state index contributed by atoms with van der Waals surface area (Å²) in [4.78, 5) is 12.7. The van der Waals surface area contributed by atoms with Crippen molar-refractivity contribution >= 4 is 12.0 Å². The Labute approximate surface area is 217 Å². The molecule has 8 unspecified atom stereocenters. The van der Waals surface area contributed by atoms with Crippen molar-refractivity contribution in [3.05, 3.63) is 42.2 Å². The van der Waals surface area contributed by atoms with Crippen LogP contribution in [0.4, 0.5) is 0 Å². The second kappa shape index (κ2) is 10.4. The van der Waals surface area contributed by atoms with Gasteiger partial charge < -0.3 is 59.1 Å². The number of rotatable bonds is 8. The molecule has 3 aliphatic heterocycles. The van der Waals surface area contributed by atoms with Gasteiger partial charge in [-0.2, -0.15) is 0 Å². The van der Waals surface area contributed by atoms with Gasteiger partial charge in [0.2, 0.25) is 6.29 Å². The van der Waals surface area contributed by atoms with Gasteiger partial charge >= 0.3 is 5.97 Å². The number of aliphatic hydroxyl groups excluding tert-OH is 5. The van der Waals surface area contributed by atoms with Crippen LogP contribution in [-0.4, -0.2) is 112 Å². The van der Waals surface area contributed by atoms with E-state index in [4.69, 9.17) is 28.4 Å². The maximum absolute atomic E-state index is 12.7. The highest BCUT2D eigenvalue weighted by molar-refractivity contribution is 5.87. The third kappa shape index (κ3) is 4.54. The van der Waals surface area contributed by atoms with Crippen molar-refractivity contribution in [3.8, 4) is 11.5 Å². The van der Waals surface area contributed by atoms with E-state index in [0.717, 1.165) is 0 Å². The predicted octanol–water partition coefficient (Wildman–Crippen LogP) is -1.61. The minimum atomic E-state index is -1.65. The molecule has 0 aromatic heterocycles. The molecule has 3 fully saturated rings. The minimum absolute atomic E-state index is 0.0847. The van der Waals surface area contributed by atoms with Crippen LogP contribution >= 0.6 is 0 Å². The van der Waals surface area contributed by atoms with E-state index in [0.29, 0.717) is 11.3 Å². The standard InChI is InChI=1S/C25H30O13/c1-33-14-4-2-11(8-13(14)28)3-5-16(29)36-21-12-6-7-34-23(17(12)25(10-27)22(21)38-25)37-24-20(32)19(31)18(30)15(9-26)35-24/h2-8,12,15,17-24,26-28,30-32H,9-10H2,1H3/t12-,15?,17-,18?,19?,20?,21?,22?,23?,24?,25+/m0/s1. The summed E-state index contributed by atoms with van der Waals surface area (Å²) < 4.78 is 33.3. The normalized spacial score (nSPS) is 41.3. The van der Waals surface area contributed by atoms with Crippen LogP contribution in [0.2, 0.25) is 0 Å². The van der Waals surface area contributed by atoms with Gasteiger partial charge in [-0.3, -0.25) is 0 Å². The molecule has 5 rings (SSSR count). The Morgan fingerprint density at radius 1 is 1.13 bits per heavy atom. The second-order valence-corrected chi connectivity index (χ2v) is 9.59. The van der Waals surface area contributed by atoms with E-state index in [1.54, 1.807) is 18.2 Å². The van der Waals surface area contributed by atoms with E-state index >= 15 is 0 Å². The maximum Gasteiger partial charge on any atom is 0.331 e. The first-order valence-corrected chi connectivity index (χ1v) is 12.1. The summed E-state index contributed by atoms with van der Waals surface area (Å²) >= 11 is 0. The first-order chi connectivity index (χ1) is 18.2. The first kappa shape index (κ1) is 26.8. The Balaban J connectivity index is 1.29. The van der Waals surface area contributed by atoms with Gasteiger partial charge in [0.15, 0.2) is 17.8 Å². The summed E-state index contributed by atoms with van der Waals surface area (Å²) in [7, 11) is 1.42. The van der Waals surface area contributed by atoms with Crippen LogP contribution in [0.15, 0.2) is 36.6 Å². The summed E-state index contributed by atoms with van der Waals surface area (Å²) in [5.41, 5.74) is -0.610. The summed E-state index contributed by atoms with van der Waals surface area (Å²) in [5, 5.41) is 60.0. The van der Waals surface area contributed by atoms with Crippen molar-refractivity contribution in [2.24, 2.45) is 11.8 Å². The monoisotopic (exact) mass is 538 g/mol. The zero-order valence-electron chi connectivity index (χ0n) is 20.3. The Kier molecular flexibility index (Phi) is 7.37. The number of carbonyl (C=O) groups excluding carboxylic acids is 1. The molecule has 11 atom stereocenters. The first-order valence-electron chi connectivity index (χ1n) is 12.1. The number of hydrogen-bond acceptors (Lipinski definition) is 13. The third-order valence-electron chi connectivity index (χ3n) is 7.46. The molecular weight excluding hydrogens is 508 g/mol. The highest BCUT2D eigenvalue weighted by atomic mass is 16.8. The van der Waals surface area contributed by atoms with Crippen molar-refractivity contribution in [2.45, 2.75) is 54.8 Å². The van der Waals surface area contributed by atoms with Crippen LogP contribution in [-0.2, 0) is 28.5 Å². The quantitative estimate of drug-likeness (QED) is 0.126. The number of carbonyl (C=O) groups is 1. The molecule has 1 aliphatic carbocycles. The van der Waals surface area contributed by atoms with Gasteiger partial charge in [-0.15, -0.1) is 0 Å². The van der Waals surface area contributed by atoms with Crippen LogP contribution in [0.3, 0.4) is 0 Å². The van der Waals surface area contributed by atoms with Crippen LogP contribution in [0.1, 0.15) is 5.56 Å². The number of epoxide rings is 1. The molecule has 1 aromatic rings. The average Bonchev–Trinajstić information content (AvgIpc) is 3.59. The molecule has 0 spiro atoms. The van der Waals surface area contributed by atoms with Gasteiger partial charge in [0.05, 0.1) is 32.5 Å². The Morgan fingerprint density at radius 3 is 2.61 bits per heavy atom. The minimum Gasteiger partial charge on any atom is -0.504 e. The second-order valence-electron chi connectivity index (χ2n) is 9.59. The number of hydrogen-bond donors (Lipinski definition) is 6. The SMILES string of the molecule is COc1ccc(C=CC(=O)OC2C3O[C@]3(CO)[C@@H]3C(OC4OC(CO)C(O)C(O)C4O)OC=C[C@H]23)cc1O. The molecular formula is C25H30O13. The Morgan fingerprint density at radius 2 is 1.92 bits per heavy atom. The molecule has 38 heavy (non-hydrogen) atoms. The zero-order chi connectivity index (χ0) is 27.2. The van der Waals surface area contributed by atoms with Gasteiger partial charge in [0.1, 0.15) is 42.2 Å². The molecule has 1 saturated carbocycles. The maximum atomic E-state index is 12.7. The van der Waals surface area contributed by atoms with Crippen molar-refractivity contribution in [1.82, 2.24) is 0 Å². The van der Waals surface area contributed by atoms with Crippen LogP contribution < -0.4 is 4.74 Å². The van der Waals surface area contributed by atoms with Gasteiger partial charge in [-0.05, 0) is 29.8 Å². The van der Waals surface area contributed by atoms with E-state index in [1.807, 2.05) is 0 Å². The van der Waals surface area contributed by atoms with Crippen molar-refractivity contribution < 1.29 is 63.9 Å². The van der Waals surface area contributed by atoms with Crippen LogP contribution in [0.25, 0.3) is 6.08 Å². The lowest BCUT2D eigenvalue weighted by atomic mass is 9.85. The molecule has 0 amide bonds. The number of aromatic hydroxyl groups is 1. The topological polar surface area (TPSA) is 197 Å². The fourth-order valence-corrected chi connectivity index (χ4v) is 5.44. The number of aliphatic hydroxyl groups is 5. The molecule has 2 saturated heterocycles. The molecule has 13 heteroatoms. The van der Waals surface area contributed by atoms with E-state index < -0.39 is 85.8 Å². The van der Waals surface area contributed by atoms with Crippen LogP contribution in [0.5, 0.6) is 11.5 Å². The fraction of sp³-hybridized carbons (Fsp3) is 0.560. The van der Waals surface area contributed by atoms with Gasteiger partial charge in [0, 0.05) is 12.0 Å². The average molecular weight is 539 g/mol. The van der Waals surface area contributed by atoms with Crippen LogP contribution in [0, 0.1) is 11.8 Å². The third-order valence-corrected chi connectivity index (χ3v) is 7.46. The lowest BCUT2D eigenvalue weighted by Gasteiger charge is -2.43. The van der Waals surface area contributed by atoms with Crippen molar-refractivity contribution in [3.63, 3.8) is 0 Å². The van der Waals surface area contributed by atoms with E-state index in [2.05, 4.69) is 0 Å². The number of benzene rings is 1. The number of phenols is 1. The number of methoxy groups -OCH3 is 1. The largest absolute Gasteiger partial charge is 0.504 e. The van der Waals surface area contributed by atoms with E-state index in [1.165, 1.54) is 31.6 Å². The van der Waals surface area contributed by atoms with Gasteiger partial charge in [-0.1, -0.05) is 6.07 Å². The van der Waals surface area contributed by atoms with Crippen molar-refractivity contribution in [1.29, 1.82) is 0 Å². The molecule has 3 heterocycles. The molecule has 208 valence electrons. The highest BCUT2D eigenvalue weighted by Crippen LogP contribution is 2.60. The summed E-state index contributed by atoms with van der Waals surface area (Å²) in [6.07, 6.45) is -4.45. The predicted molar refractivity (Wildman–Crippen MR) is 124 cm³/mol. The summed E-state index contributed by atoms with van der Waals surface area (Å²) in [6, 6.07) is 4.63. The Hall–Kier alpha value is -2.75. The lowest BCUT2D eigenvalue weighted by Crippen LogP contribution is -2.60. The zero-order valence-corrected chi connectivity index (χ0v) is 20.3. The molecule has 6 N–H and O–H groups in total. The number of fused-ring (bicyclic) bond motifs is 3. The molecule has 4 aliphatic rings. The Bertz CT molecular complexity index is 1090. The molecule has 13 nitrogen and oxygen atoms in total. The molecule has 0 radical (unpaired) electrons. The molecule has 1 aromatic carbocycles. The fourth-order valence-electron chi connectivity index (χ4n) is 5.44. The van der Waals surface area contributed by atoms with Gasteiger partial charge in [0.25, 0.3) is 0 Å². The lowest BCUT2D eigenvalue weighted by molar-refractivity contribution is -0.344. The van der Waals surface area contributed by atoms with Gasteiger partial charge in [-0.25, -0.2) is 4.79 Å². The van der Waals surface area contributed by atoms with E-state index in [9.17, 15) is 35.4 Å². The highest BCUT2D eigenvalue weighted by Gasteiger charge is 2.77. The summed E-state index contributed by atoms with van der Waals surface area (Å²) in [6.45, 7) is -1.06. The van der Waals surface area contributed by atoms with Crippen molar-refractivity contribution in [2.75, 3.05) is 20.3 Å². The van der Waals surface area contributed by atoms with E-state index in [-0.39, 0.29) is 5.75 Å². The number of ether oxygens (including phenoxy) is 6. The number of esters is 1. The number of phenolic OH excluding ortho intramolecular Hbond substituents is 1.